The predicted molar refractivity (Wildman–Crippen MR) is 50.6 cm³/mol. The van der Waals surface area contributed by atoms with Crippen LogP contribution < -0.4 is 5.73 Å². The van der Waals surface area contributed by atoms with Gasteiger partial charge in [-0.15, -0.1) is 0 Å². The highest BCUT2D eigenvalue weighted by molar-refractivity contribution is 6.30. The van der Waals surface area contributed by atoms with Crippen molar-refractivity contribution in [3.8, 4) is 0 Å². The summed E-state index contributed by atoms with van der Waals surface area (Å²) in [6.45, 7) is 0.0930. The second-order valence-corrected chi connectivity index (χ2v) is 3.16. The average Bonchev–Trinajstić information content (AvgIpc) is 2.01. The van der Waals surface area contributed by atoms with Crippen LogP contribution >= 0.6 is 11.6 Å². The second-order valence-electron chi connectivity index (χ2n) is 2.72. The molecule has 14 heavy (non-hydrogen) atoms. The lowest BCUT2D eigenvalue weighted by atomic mass is 10.1. The van der Waals surface area contributed by atoms with Crippen LogP contribution in [0, 0.1) is 5.82 Å². The summed E-state index contributed by atoms with van der Waals surface area (Å²) < 4.78 is 18.0. The molecule has 0 aliphatic carbocycles. The minimum absolute atomic E-state index is 0.0930. The molecule has 0 radical (unpaired) electrons. The van der Waals surface area contributed by atoms with Crippen LogP contribution in [0.5, 0.6) is 0 Å². The highest BCUT2D eigenvalue weighted by atomic mass is 35.5. The molecule has 0 aliphatic rings. The van der Waals surface area contributed by atoms with Gasteiger partial charge in [0.1, 0.15) is 5.82 Å². The average molecular weight is 218 g/mol. The van der Waals surface area contributed by atoms with Crippen molar-refractivity contribution >= 4 is 17.5 Å². The summed E-state index contributed by atoms with van der Waals surface area (Å²) in [6.07, 6.45) is 0. The topological polar surface area (TPSA) is 52.3 Å². The third-order valence-electron chi connectivity index (χ3n) is 1.68. The number of rotatable bonds is 3. The number of primary amides is 1. The van der Waals surface area contributed by atoms with Crippen LogP contribution in [-0.4, -0.2) is 13.0 Å². The largest absolute Gasteiger partial charge is 0.380 e. The Labute approximate surface area is 85.6 Å². The van der Waals surface area contributed by atoms with Gasteiger partial charge in [0.05, 0.1) is 12.2 Å². The lowest BCUT2D eigenvalue weighted by Gasteiger charge is -2.07. The highest BCUT2D eigenvalue weighted by Crippen LogP contribution is 2.20. The molecule has 2 N–H and O–H groups in total. The minimum Gasteiger partial charge on any atom is -0.380 e. The maximum atomic E-state index is 13.2. The lowest BCUT2D eigenvalue weighted by molar-refractivity contribution is 0.0991. The molecule has 0 aliphatic heterocycles. The summed E-state index contributed by atoms with van der Waals surface area (Å²) in [4.78, 5) is 10.9. The minimum atomic E-state index is -0.828. The van der Waals surface area contributed by atoms with Crippen molar-refractivity contribution in [1.82, 2.24) is 0 Å². The SMILES string of the molecule is COCc1cc(Cl)cc(F)c1C(N)=O. The first-order valence-corrected chi connectivity index (χ1v) is 4.20. The van der Waals surface area contributed by atoms with Crippen molar-refractivity contribution < 1.29 is 13.9 Å². The van der Waals surface area contributed by atoms with E-state index < -0.39 is 11.7 Å². The molecule has 1 amide bonds. The van der Waals surface area contributed by atoms with E-state index in [9.17, 15) is 9.18 Å². The number of hydrogen-bond acceptors (Lipinski definition) is 2. The van der Waals surface area contributed by atoms with Gasteiger partial charge in [0, 0.05) is 12.1 Å². The van der Waals surface area contributed by atoms with Crippen LogP contribution in [0.25, 0.3) is 0 Å². The van der Waals surface area contributed by atoms with E-state index in [-0.39, 0.29) is 17.2 Å². The molecule has 0 atom stereocenters. The van der Waals surface area contributed by atoms with Crippen LogP contribution in [0.2, 0.25) is 5.02 Å². The molecular weight excluding hydrogens is 209 g/mol. The van der Waals surface area contributed by atoms with Gasteiger partial charge >= 0.3 is 0 Å². The normalized spacial score (nSPS) is 10.2. The molecule has 76 valence electrons. The Kier molecular flexibility index (Phi) is 3.43. The smallest absolute Gasteiger partial charge is 0.252 e. The molecule has 1 rings (SSSR count). The van der Waals surface area contributed by atoms with E-state index in [1.54, 1.807) is 0 Å². The zero-order chi connectivity index (χ0) is 10.7. The van der Waals surface area contributed by atoms with E-state index >= 15 is 0 Å². The van der Waals surface area contributed by atoms with Gasteiger partial charge in [-0.25, -0.2) is 4.39 Å². The maximum Gasteiger partial charge on any atom is 0.252 e. The van der Waals surface area contributed by atoms with Crippen molar-refractivity contribution in [2.75, 3.05) is 7.11 Å². The molecule has 0 heterocycles. The summed E-state index contributed by atoms with van der Waals surface area (Å²) in [5, 5.41) is 0.208. The fourth-order valence-corrected chi connectivity index (χ4v) is 1.40. The first kappa shape index (κ1) is 10.9. The number of carbonyl (C=O) groups excluding carboxylic acids is 1. The van der Waals surface area contributed by atoms with Crippen molar-refractivity contribution in [3.05, 3.63) is 34.1 Å². The number of halogens is 2. The van der Waals surface area contributed by atoms with Gasteiger partial charge in [-0.1, -0.05) is 11.6 Å². The molecule has 0 aromatic heterocycles. The lowest BCUT2D eigenvalue weighted by Crippen LogP contribution is -2.16. The van der Waals surface area contributed by atoms with E-state index in [2.05, 4.69) is 0 Å². The van der Waals surface area contributed by atoms with Crippen LogP contribution in [0.1, 0.15) is 15.9 Å². The van der Waals surface area contributed by atoms with E-state index in [1.165, 1.54) is 13.2 Å². The molecular formula is C9H9ClFNO2. The summed E-state index contributed by atoms with van der Waals surface area (Å²) >= 11 is 5.61. The number of nitrogens with two attached hydrogens (primary N) is 1. The van der Waals surface area contributed by atoms with Crippen LogP contribution in [0.4, 0.5) is 4.39 Å². The third kappa shape index (κ3) is 2.21. The molecule has 1 aromatic carbocycles. The standard InChI is InChI=1S/C9H9ClFNO2/c1-14-4-5-2-6(10)3-7(11)8(5)9(12)13/h2-3H,4H2,1H3,(H2,12,13). The summed E-state index contributed by atoms with van der Waals surface area (Å²) in [7, 11) is 1.43. The molecule has 0 unspecified atom stereocenters. The van der Waals surface area contributed by atoms with Gasteiger partial charge in [-0.3, -0.25) is 4.79 Å². The Bertz CT molecular complexity index is 368. The first-order chi connectivity index (χ1) is 6.56. The number of carbonyl (C=O) groups is 1. The molecule has 1 aromatic rings. The molecule has 0 bridgehead atoms. The van der Waals surface area contributed by atoms with Crippen molar-refractivity contribution in [1.29, 1.82) is 0 Å². The summed E-state index contributed by atoms with van der Waals surface area (Å²) in [5.74, 6) is -1.55. The van der Waals surface area contributed by atoms with Gasteiger partial charge in [0.15, 0.2) is 0 Å². The van der Waals surface area contributed by atoms with E-state index in [1.807, 2.05) is 0 Å². The Balaban J connectivity index is 3.28. The quantitative estimate of drug-likeness (QED) is 0.838. The van der Waals surface area contributed by atoms with Gasteiger partial charge in [0.2, 0.25) is 0 Å². The Hall–Kier alpha value is -1.13. The first-order valence-electron chi connectivity index (χ1n) is 3.83. The van der Waals surface area contributed by atoms with Crippen LogP contribution in [0.15, 0.2) is 12.1 Å². The van der Waals surface area contributed by atoms with Gasteiger partial charge in [0.25, 0.3) is 5.91 Å². The second kappa shape index (κ2) is 4.39. The van der Waals surface area contributed by atoms with Gasteiger partial charge in [-0.05, 0) is 17.7 Å². The Morgan fingerprint density at radius 1 is 1.64 bits per heavy atom. The van der Waals surface area contributed by atoms with Crippen molar-refractivity contribution in [2.24, 2.45) is 5.73 Å². The maximum absolute atomic E-state index is 13.2. The molecule has 0 saturated carbocycles. The van der Waals surface area contributed by atoms with Crippen molar-refractivity contribution in [3.63, 3.8) is 0 Å². The monoisotopic (exact) mass is 217 g/mol. The number of methoxy groups -OCH3 is 1. The fourth-order valence-electron chi connectivity index (χ4n) is 1.17. The predicted octanol–water partition coefficient (Wildman–Crippen LogP) is 1.72. The van der Waals surface area contributed by atoms with Crippen LogP contribution in [-0.2, 0) is 11.3 Å². The summed E-state index contributed by atoms with van der Waals surface area (Å²) in [5.41, 5.74) is 5.20. The molecule has 0 spiro atoms. The number of benzene rings is 1. The highest BCUT2D eigenvalue weighted by Gasteiger charge is 2.15. The van der Waals surface area contributed by atoms with E-state index in [0.717, 1.165) is 6.07 Å². The molecule has 5 heteroatoms. The Morgan fingerprint density at radius 3 is 2.79 bits per heavy atom. The number of amides is 1. The molecule has 0 saturated heterocycles. The molecule has 0 fully saturated rings. The third-order valence-corrected chi connectivity index (χ3v) is 1.90. The van der Waals surface area contributed by atoms with Gasteiger partial charge in [-0.2, -0.15) is 0 Å². The van der Waals surface area contributed by atoms with Crippen molar-refractivity contribution in [2.45, 2.75) is 6.61 Å². The van der Waals surface area contributed by atoms with E-state index in [0.29, 0.717) is 5.56 Å². The summed E-state index contributed by atoms with van der Waals surface area (Å²) in [6, 6.07) is 2.50. The van der Waals surface area contributed by atoms with Crippen LogP contribution in [0.3, 0.4) is 0 Å². The van der Waals surface area contributed by atoms with Gasteiger partial charge < -0.3 is 10.5 Å². The number of hydrogen-bond donors (Lipinski definition) is 1. The molecule has 3 nitrogen and oxygen atoms in total. The fraction of sp³-hybridized carbons (Fsp3) is 0.222. The number of ether oxygens (including phenoxy) is 1. The van der Waals surface area contributed by atoms with E-state index in [4.69, 9.17) is 22.1 Å². The Morgan fingerprint density at radius 2 is 2.29 bits per heavy atom. The zero-order valence-electron chi connectivity index (χ0n) is 7.51. The zero-order valence-corrected chi connectivity index (χ0v) is 8.27.